The van der Waals surface area contributed by atoms with Gasteiger partial charge in [0.05, 0.1) is 0 Å². The van der Waals surface area contributed by atoms with E-state index in [2.05, 4.69) is 17.1 Å². The van der Waals surface area contributed by atoms with E-state index in [0.29, 0.717) is 24.1 Å². The van der Waals surface area contributed by atoms with E-state index in [1.54, 1.807) is 7.11 Å². The lowest BCUT2D eigenvalue weighted by molar-refractivity contribution is 0.109. The molecule has 2 unspecified atom stereocenters. The van der Waals surface area contributed by atoms with Crippen LogP contribution < -0.4 is 5.73 Å². The van der Waals surface area contributed by atoms with Crippen LogP contribution in [0, 0.1) is 0 Å². The third kappa shape index (κ3) is 3.32. The number of nitrogens with zero attached hydrogens (tertiary/aromatic N) is 2. The van der Waals surface area contributed by atoms with Crippen LogP contribution in [-0.4, -0.2) is 17.3 Å². The first-order valence-electron chi connectivity index (χ1n) is 6.31. The lowest BCUT2D eigenvalue weighted by Gasteiger charge is -2.09. The molecule has 0 fully saturated rings. The van der Waals surface area contributed by atoms with Crippen molar-refractivity contribution in [2.75, 3.05) is 12.8 Å². The molecule has 2 N–H and O–H groups in total. The van der Waals surface area contributed by atoms with Gasteiger partial charge in [0, 0.05) is 19.2 Å². The molecule has 19 heavy (non-hydrogen) atoms. The molecule has 0 radical (unpaired) electrons. The maximum Gasteiger partial charge on any atom is 0.227 e. The Morgan fingerprint density at radius 3 is 2.58 bits per heavy atom. The summed E-state index contributed by atoms with van der Waals surface area (Å²) in [5.41, 5.74) is 7.65. The average Bonchev–Trinajstić information content (AvgIpc) is 2.87. The first-order valence-corrected chi connectivity index (χ1v) is 6.31. The van der Waals surface area contributed by atoms with Crippen LogP contribution in [-0.2, 0) is 11.2 Å². The van der Waals surface area contributed by atoms with Crippen LogP contribution >= 0.6 is 0 Å². The summed E-state index contributed by atoms with van der Waals surface area (Å²) in [6.45, 7) is 4.01. The van der Waals surface area contributed by atoms with Gasteiger partial charge in [0.1, 0.15) is 6.10 Å². The molecule has 0 spiro atoms. The molecule has 0 saturated carbocycles. The number of hydrogen-bond acceptors (Lipinski definition) is 5. The minimum Gasteiger partial charge on any atom is -0.399 e. The number of anilines is 1. The molecule has 1 aromatic carbocycles. The van der Waals surface area contributed by atoms with Gasteiger partial charge in [0.2, 0.25) is 5.89 Å². The van der Waals surface area contributed by atoms with Gasteiger partial charge in [-0.1, -0.05) is 24.2 Å². The zero-order valence-electron chi connectivity index (χ0n) is 11.5. The average molecular weight is 261 g/mol. The second kappa shape index (κ2) is 5.84. The topological polar surface area (TPSA) is 74.2 Å². The predicted octanol–water partition coefficient (Wildman–Crippen LogP) is 2.71. The summed E-state index contributed by atoms with van der Waals surface area (Å²) in [7, 11) is 1.62. The zero-order chi connectivity index (χ0) is 13.8. The SMILES string of the molecule is COC(C)c1noc(CC(C)c2ccc(N)cc2)n1. The Morgan fingerprint density at radius 1 is 1.26 bits per heavy atom. The van der Waals surface area contributed by atoms with Gasteiger partial charge in [-0.3, -0.25) is 0 Å². The number of aromatic nitrogens is 2. The fourth-order valence-electron chi connectivity index (χ4n) is 1.83. The van der Waals surface area contributed by atoms with Crippen molar-refractivity contribution in [3.63, 3.8) is 0 Å². The maximum absolute atomic E-state index is 5.68. The number of ether oxygens (including phenoxy) is 1. The van der Waals surface area contributed by atoms with Crippen molar-refractivity contribution >= 4 is 5.69 Å². The van der Waals surface area contributed by atoms with Crippen LogP contribution in [0.1, 0.15) is 43.1 Å². The molecule has 0 amide bonds. The minimum atomic E-state index is -0.149. The van der Waals surface area contributed by atoms with Gasteiger partial charge in [-0.15, -0.1) is 0 Å². The fraction of sp³-hybridized carbons (Fsp3) is 0.429. The van der Waals surface area contributed by atoms with Crippen molar-refractivity contribution < 1.29 is 9.26 Å². The molecule has 1 heterocycles. The molecule has 2 aromatic rings. The van der Waals surface area contributed by atoms with Gasteiger partial charge in [-0.05, 0) is 30.5 Å². The van der Waals surface area contributed by atoms with Crippen molar-refractivity contribution in [3.8, 4) is 0 Å². The van der Waals surface area contributed by atoms with Gasteiger partial charge in [0.15, 0.2) is 5.82 Å². The molecule has 2 rings (SSSR count). The molecule has 0 aliphatic rings. The molecular weight excluding hydrogens is 242 g/mol. The number of benzene rings is 1. The number of nitrogen functional groups attached to an aromatic ring is 1. The van der Waals surface area contributed by atoms with Crippen LogP contribution in [0.4, 0.5) is 5.69 Å². The van der Waals surface area contributed by atoms with E-state index in [1.165, 1.54) is 5.56 Å². The monoisotopic (exact) mass is 261 g/mol. The molecule has 0 saturated heterocycles. The third-order valence-corrected chi connectivity index (χ3v) is 3.19. The largest absolute Gasteiger partial charge is 0.399 e. The van der Waals surface area contributed by atoms with Crippen LogP contribution in [0.15, 0.2) is 28.8 Å². The highest BCUT2D eigenvalue weighted by atomic mass is 16.5. The summed E-state index contributed by atoms with van der Waals surface area (Å²) < 4.78 is 10.4. The van der Waals surface area contributed by atoms with Gasteiger partial charge in [-0.25, -0.2) is 0 Å². The molecule has 102 valence electrons. The molecule has 0 aliphatic carbocycles. The Balaban J connectivity index is 2.04. The predicted molar refractivity (Wildman–Crippen MR) is 72.7 cm³/mol. The standard InChI is InChI=1S/C14H19N3O2/c1-9(11-4-6-12(15)7-5-11)8-13-16-14(17-19-13)10(2)18-3/h4-7,9-10H,8,15H2,1-3H3. The molecule has 1 aromatic heterocycles. The van der Waals surface area contributed by atoms with Crippen LogP contribution in [0.25, 0.3) is 0 Å². The summed E-state index contributed by atoms with van der Waals surface area (Å²) in [4.78, 5) is 4.34. The third-order valence-electron chi connectivity index (χ3n) is 3.19. The summed E-state index contributed by atoms with van der Waals surface area (Å²) in [6.07, 6.45) is 0.553. The Bertz CT molecular complexity index is 522. The van der Waals surface area contributed by atoms with E-state index in [0.717, 1.165) is 5.69 Å². The van der Waals surface area contributed by atoms with Gasteiger partial charge in [0.25, 0.3) is 0 Å². The minimum absolute atomic E-state index is 0.149. The van der Waals surface area contributed by atoms with Crippen molar-refractivity contribution in [1.82, 2.24) is 10.1 Å². The second-order valence-corrected chi connectivity index (χ2v) is 4.70. The quantitative estimate of drug-likeness (QED) is 0.838. The number of nitrogens with two attached hydrogens (primary N) is 1. The lowest BCUT2D eigenvalue weighted by Crippen LogP contribution is -2.01. The molecule has 2 atom stereocenters. The van der Waals surface area contributed by atoms with Gasteiger partial charge < -0.3 is 15.0 Å². The van der Waals surface area contributed by atoms with Crippen LogP contribution in [0.5, 0.6) is 0 Å². The van der Waals surface area contributed by atoms with Crippen molar-refractivity contribution in [3.05, 3.63) is 41.5 Å². The van der Waals surface area contributed by atoms with Crippen molar-refractivity contribution in [2.24, 2.45) is 0 Å². The highest BCUT2D eigenvalue weighted by molar-refractivity contribution is 5.40. The van der Waals surface area contributed by atoms with Crippen molar-refractivity contribution in [2.45, 2.75) is 32.3 Å². The van der Waals surface area contributed by atoms with E-state index in [-0.39, 0.29) is 6.10 Å². The van der Waals surface area contributed by atoms with Crippen LogP contribution in [0.3, 0.4) is 0 Å². The summed E-state index contributed by atoms with van der Waals surface area (Å²) >= 11 is 0. The zero-order valence-corrected chi connectivity index (χ0v) is 11.5. The number of methoxy groups -OCH3 is 1. The molecule has 5 heteroatoms. The highest BCUT2D eigenvalue weighted by Gasteiger charge is 2.15. The number of rotatable bonds is 5. The van der Waals surface area contributed by atoms with E-state index < -0.39 is 0 Å². The Kier molecular flexibility index (Phi) is 4.16. The summed E-state index contributed by atoms with van der Waals surface area (Å²) in [5.74, 6) is 1.51. The molecule has 0 bridgehead atoms. The molecule has 0 aliphatic heterocycles. The second-order valence-electron chi connectivity index (χ2n) is 4.70. The smallest absolute Gasteiger partial charge is 0.227 e. The van der Waals surface area contributed by atoms with E-state index in [4.69, 9.17) is 15.0 Å². The van der Waals surface area contributed by atoms with E-state index in [1.807, 2.05) is 31.2 Å². The first kappa shape index (κ1) is 13.5. The highest BCUT2D eigenvalue weighted by Crippen LogP contribution is 2.21. The molecule has 5 nitrogen and oxygen atoms in total. The van der Waals surface area contributed by atoms with Gasteiger partial charge >= 0.3 is 0 Å². The Labute approximate surface area is 112 Å². The Hall–Kier alpha value is -1.88. The maximum atomic E-state index is 5.68. The van der Waals surface area contributed by atoms with Crippen molar-refractivity contribution in [1.29, 1.82) is 0 Å². The molecular formula is C14H19N3O2. The van der Waals surface area contributed by atoms with E-state index >= 15 is 0 Å². The normalized spacial score (nSPS) is 14.3. The first-order chi connectivity index (χ1) is 9.10. The number of hydrogen-bond donors (Lipinski definition) is 1. The van der Waals surface area contributed by atoms with E-state index in [9.17, 15) is 0 Å². The summed E-state index contributed by atoms with van der Waals surface area (Å²) in [6, 6.07) is 7.85. The summed E-state index contributed by atoms with van der Waals surface area (Å²) in [5, 5.41) is 3.92. The fourth-order valence-corrected chi connectivity index (χ4v) is 1.83. The Morgan fingerprint density at radius 2 is 1.95 bits per heavy atom. The van der Waals surface area contributed by atoms with Crippen LogP contribution in [0.2, 0.25) is 0 Å². The lowest BCUT2D eigenvalue weighted by atomic mass is 9.98. The van der Waals surface area contributed by atoms with Gasteiger partial charge in [-0.2, -0.15) is 4.98 Å².